The lowest BCUT2D eigenvalue weighted by molar-refractivity contribution is 0.392. The van der Waals surface area contributed by atoms with Gasteiger partial charge >= 0.3 is 5.69 Å². The van der Waals surface area contributed by atoms with E-state index in [0.717, 1.165) is 23.4 Å². The average Bonchev–Trinajstić information content (AvgIpc) is 2.84. The lowest BCUT2D eigenvalue weighted by Crippen LogP contribution is -2.17. The number of H-pyrrole nitrogens is 1. The van der Waals surface area contributed by atoms with Gasteiger partial charge in [0.2, 0.25) is 0 Å². The minimum atomic E-state index is -0.155. The van der Waals surface area contributed by atoms with Crippen LogP contribution in [0.1, 0.15) is 30.4 Å². The summed E-state index contributed by atoms with van der Waals surface area (Å²) in [6.07, 6.45) is 0.901. The monoisotopic (exact) mass is 268 g/mol. The number of nitrogens with zero attached hydrogens (tertiary/aromatic N) is 3. The van der Waals surface area contributed by atoms with Crippen molar-refractivity contribution in [3.8, 4) is 0 Å². The summed E-state index contributed by atoms with van der Waals surface area (Å²) in [5.74, 6) is 1.52. The Morgan fingerprint density at radius 1 is 1.44 bits per heavy atom. The van der Waals surface area contributed by atoms with E-state index in [0.29, 0.717) is 17.5 Å². The van der Waals surface area contributed by atoms with Crippen molar-refractivity contribution in [2.24, 2.45) is 0 Å². The van der Waals surface area contributed by atoms with Gasteiger partial charge in [0, 0.05) is 17.9 Å². The van der Waals surface area contributed by atoms with Gasteiger partial charge in [-0.3, -0.25) is 4.57 Å². The maximum absolute atomic E-state index is 11.5. The Hall–Kier alpha value is -1.50. The van der Waals surface area contributed by atoms with Crippen molar-refractivity contribution in [1.29, 1.82) is 0 Å². The molecule has 1 N–H and O–H groups in total. The Labute approximate surface area is 109 Å². The number of nitrogens with one attached hydrogen (secondary N) is 1. The van der Waals surface area contributed by atoms with Gasteiger partial charge in [-0.2, -0.15) is 0 Å². The molecule has 98 valence electrons. The van der Waals surface area contributed by atoms with E-state index in [1.807, 2.05) is 20.8 Å². The normalized spacial score (nSPS) is 11.1. The summed E-state index contributed by atoms with van der Waals surface area (Å²) in [5, 5.41) is 11.1. The lowest BCUT2D eigenvalue weighted by atomic mass is 10.2. The van der Waals surface area contributed by atoms with Crippen molar-refractivity contribution in [2.75, 3.05) is 0 Å². The molecule has 2 heterocycles. The fraction of sp³-hybridized carbons (Fsp3) is 0.545. The van der Waals surface area contributed by atoms with E-state index in [1.165, 1.54) is 11.8 Å². The minimum Gasteiger partial charge on any atom is -0.361 e. The van der Waals surface area contributed by atoms with E-state index >= 15 is 0 Å². The van der Waals surface area contributed by atoms with Crippen LogP contribution in [-0.4, -0.2) is 19.9 Å². The molecule has 7 heteroatoms. The van der Waals surface area contributed by atoms with Crippen LogP contribution >= 0.6 is 11.8 Å². The number of rotatable bonds is 5. The van der Waals surface area contributed by atoms with Gasteiger partial charge in [-0.25, -0.2) is 9.89 Å². The van der Waals surface area contributed by atoms with E-state index in [2.05, 4.69) is 15.4 Å². The smallest absolute Gasteiger partial charge is 0.343 e. The summed E-state index contributed by atoms with van der Waals surface area (Å²) in [5.41, 5.74) is 1.80. The van der Waals surface area contributed by atoms with Gasteiger partial charge in [0.25, 0.3) is 0 Å². The van der Waals surface area contributed by atoms with Crippen molar-refractivity contribution in [3.05, 3.63) is 27.5 Å². The molecule has 2 aromatic heterocycles. The maximum Gasteiger partial charge on any atom is 0.343 e. The van der Waals surface area contributed by atoms with E-state index < -0.39 is 0 Å². The van der Waals surface area contributed by atoms with Crippen molar-refractivity contribution >= 4 is 11.8 Å². The third-order valence-corrected chi connectivity index (χ3v) is 3.70. The van der Waals surface area contributed by atoms with E-state index in [4.69, 9.17) is 4.52 Å². The van der Waals surface area contributed by atoms with Crippen molar-refractivity contribution in [2.45, 2.75) is 44.6 Å². The number of hydrogen-bond acceptors (Lipinski definition) is 5. The molecule has 6 nitrogen and oxygen atoms in total. The molecule has 0 aromatic carbocycles. The third kappa shape index (κ3) is 2.50. The molecular formula is C11H16N4O2S. The highest BCUT2D eigenvalue weighted by Gasteiger charge is 2.13. The molecule has 0 aliphatic heterocycles. The largest absolute Gasteiger partial charge is 0.361 e. The summed E-state index contributed by atoms with van der Waals surface area (Å²) in [7, 11) is 0. The van der Waals surface area contributed by atoms with Crippen LogP contribution in [0.5, 0.6) is 0 Å². The Kier molecular flexibility index (Phi) is 3.90. The van der Waals surface area contributed by atoms with E-state index in [1.54, 1.807) is 4.57 Å². The molecule has 0 bridgehead atoms. The molecule has 0 unspecified atom stereocenters. The Morgan fingerprint density at radius 3 is 2.83 bits per heavy atom. The summed E-state index contributed by atoms with van der Waals surface area (Å²) in [6.45, 7) is 6.51. The van der Waals surface area contributed by atoms with Crippen molar-refractivity contribution < 1.29 is 4.52 Å². The fourth-order valence-electron chi connectivity index (χ4n) is 1.68. The summed E-state index contributed by atoms with van der Waals surface area (Å²) in [6, 6.07) is 0. The first-order valence-corrected chi connectivity index (χ1v) is 6.81. The molecular weight excluding hydrogens is 252 g/mol. The zero-order valence-corrected chi connectivity index (χ0v) is 11.5. The topological polar surface area (TPSA) is 76.7 Å². The van der Waals surface area contributed by atoms with Gasteiger partial charge in [0.1, 0.15) is 5.76 Å². The zero-order chi connectivity index (χ0) is 13.1. The van der Waals surface area contributed by atoms with Crippen LogP contribution < -0.4 is 5.69 Å². The minimum absolute atomic E-state index is 0.155. The standard InChI is InChI=1S/C11H16N4O2S/c1-4-5-15-10(16)12-13-11(15)18-6-9-7(2)14-17-8(9)3/h4-6H2,1-3H3,(H,12,16). The molecule has 0 saturated heterocycles. The summed E-state index contributed by atoms with van der Waals surface area (Å²) in [4.78, 5) is 11.5. The second-order valence-corrected chi connectivity index (χ2v) is 5.00. The second-order valence-electron chi connectivity index (χ2n) is 4.05. The summed E-state index contributed by atoms with van der Waals surface area (Å²) >= 11 is 1.51. The van der Waals surface area contributed by atoms with Crippen LogP contribution in [0.15, 0.2) is 14.5 Å². The highest BCUT2D eigenvalue weighted by molar-refractivity contribution is 7.98. The van der Waals surface area contributed by atoms with Crippen LogP contribution in [-0.2, 0) is 12.3 Å². The van der Waals surface area contributed by atoms with Crippen LogP contribution in [0, 0.1) is 13.8 Å². The number of thioether (sulfide) groups is 1. The Morgan fingerprint density at radius 2 is 2.22 bits per heavy atom. The first-order valence-electron chi connectivity index (χ1n) is 5.83. The van der Waals surface area contributed by atoms with Crippen molar-refractivity contribution in [3.63, 3.8) is 0 Å². The molecule has 0 atom stereocenters. The van der Waals surface area contributed by atoms with Gasteiger partial charge in [-0.1, -0.05) is 23.8 Å². The number of aromatic amines is 1. The molecule has 0 fully saturated rings. The molecule has 0 saturated carbocycles. The molecule has 0 radical (unpaired) electrons. The van der Waals surface area contributed by atoms with Crippen LogP contribution in [0.25, 0.3) is 0 Å². The Bertz CT molecular complexity index is 565. The quantitative estimate of drug-likeness (QED) is 0.838. The highest BCUT2D eigenvalue weighted by atomic mass is 32.2. The molecule has 2 aromatic rings. The molecule has 18 heavy (non-hydrogen) atoms. The van der Waals surface area contributed by atoms with Gasteiger partial charge in [0.05, 0.1) is 5.69 Å². The summed E-state index contributed by atoms with van der Waals surface area (Å²) < 4.78 is 6.76. The van der Waals surface area contributed by atoms with Gasteiger partial charge in [-0.15, -0.1) is 5.10 Å². The van der Waals surface area contributed by atoms with Crippen LogP contribution in [0.3, 0.4) is 0 Å². The van der Waals surface area contributed by atoms with Crippen LogP contribution in [0.4, 0.5) is 0 Å². The second kappa shape index (κ2) is 5.43. The first-order chi connectivity index (χ1) is 8.63. The molecule has 2 rings (SSSR count). The first kappa shape index (κ1) is 12.9. The predicted octanol–water partition coefficient (Wildman–Crippen LogP) is 1.88. The number of aryl methyl sites for hydroxylation is 2. The predicted molar refractivity (Wildman–Crippen MR) is 68.7 cm³/mol. The fourth-order valence-corrected chi connectivity index (χ4v) is 2.80. The maximum atomic E-state index is 11.5. The van der Waals surface area contributed by atoms with E-state index in [-0.39, 0.29) is 5.69 Å². The molecule has 0 aliphatic carbocycles. The molecule has 0 spiro atoms. The van der Waals surface area contributed by atoms with Gasteiger partial charge in [-0.05, 0) is 20.3 Å². The number of hydrogen-bond donors (Lipinski definition) is 1. The Balaban J connectivity index is 2.13. The van der Waals surface area contributed by atoms with Crippen molar-refractivity contribution in [1.82, 2.24) is 19.9 Å². The van der Waals surface area contributed by atoms with Gasteiger partial charge < -0.3 is 4.52 Å². The molecule has 0 amide bonds. The lowest BCUT2D eigenvalue weighted by Gasteiger charge is -2.03. The van der Waals surface area contributed by atoms with Crippen LogP contribution in [0.2, 0.25) is 0 Å². The average molecular weight is 268 g/mol. The third-order valence-electron chi connectivity index (χ3n) is 2.70. The van der Waals surface area contributed by atoms with E-state index in [9.17, 15) is 4.79 Å². The zero-order valence-electron chi connectivity index (χ0n) is 10.7. The molecule has 0 aliphatic rings. The highest BCUT2D eigenvalue weighted by Crippen LogP contribution is 2.23. The SMILES string of the molecule is CCCn1c(SCc2c(C)noc2C)n[nH]c1=O. The van der Waals surface area contributed by atoms with Gasteiger partial charge in [0.15, 0.2) is 5.16 Å². The number of aromatic nitrogens is 4.